The van der Waals surface area contributed by atoms with Crippen LogP contribution in [-0.2, 0) is 19.1 Å². The first-order chi connectivity index (χ1) is 12.4. The Kier molecular flexibility index (Phi) is 6.91. The third-order valence-corrected chi connectivity index (χ3v) is 4.70. The van der Waals surface area contributed by atoms with Crippen LogP contribution in [0.4, 0.5) is 5.69 Å². The number of para-hydroxylation sites is 1. The van der Waals surface area contributed by atoms with Gasteiger partial charge in [0, 0.05) is 17.5 Å². The predicted octanol–water partition coefficient (Wildman–Crippen LogP) is 3.19. The van der Waals surface area contributed by atoms with Gasteiger partial charge >= 0.3 is 5.97 Å². The van der Waals surface area contributed by atoms with Gasteiger partial charge in [-0.05, 0) is 36.9 Å². The van der Waals surface area contributed by atoms with Gasteiger partial charge in [0.05, 0.1) is 12.5 Å². The molecule has 0 radical (unpaired) electrons. The number of hydrogen-bond donors (Lipinski definition) is 2. The van der Waals surface area contributed by atoms with E-state index in [1.54, 1.807) is 6.07 Å². The van der Waals surface area contributed by atoms with Crippen molar-refractivity contribution in [1.29, 1.82) is 0 Å². The fraction of sp³-hybridized carbons (Fsp3) is 0.316. The zero-order valence-corrected chi connectivity index (χ0v) is 15.8. The Labute approximate surface area is 156 Å². The van der Waals surface area contributed by atoms with Crippen molar-refractivity contribution in [3.8, 4) is 0 Å². The van der Waals surface area contributed by atoms with E-state index in [1.807, 2.05) is 42.6 Å². The molecule has 0 saturated heterocycles. The molecule has 0 saturated carbocycles. The first-order valence-electron chi connectivity index (χ1n) is 8.23. The van der Waals surface area contributed by atoms with E-state index < -0.39 is 24.0 Å². The lowest BCUT2D eigenvalue weighted by molar-refractivity contribution is -0.153. The van der Waals surface area contributed by atoms with Gasteiger partial charge in [0.25, 0.3) is 5.91 Å². The number of aryl methyl sites for hydroxylation is 1. The van der Waals surface area contributed by atoms with Crippen LogP contribution in [0.1, 0.15) is 36.8 Å². The molecular formula is C19H22N2O4S. The van der Waals surface area contributed by atoms with Crippen LogP contribution in [-0.4, -0.2) is 23.9 Å². The molecular weight excluding hydrogens is 352 g/mol. The minimum atomic E-state index is -0.941. The quantitative estimate of drug-likeness (QED) is 0.729. The number of hydrogen-bond acceptors (Lipinski definition) is 5. The van der Waals surface area contributed by atoms with Crippen LogP contribution in [0.5, 0.6) is 0 Å². The van der Waals surface area contributed by atoms with Crippen molar-refractivity contribution in [2.45, 2.75) is 39.3 Å². The Morgan fingerprint density at radius 3 is 2.50 bits per heavy atom. The van der Waals surface area contributed by atoms with Gasteiger partial charge in [0.1, 0.15) is 0 Å². The second kappa shape index (κ2) is 9.15. The van der Waals surface area contributed by atoms with Crippen molar-refractivity contribution in [3.63, 3.8) is 0 Å². The molecule has 2 rings (SSSR count). The average molecular weight is 374 g/mol. The Balaban J connectivity index is 1.93. The minimum Gasteiger partial charge on any atom is -0.452 e. The highest BCUT2D eigenvalue weighted by Crippen LogP contribution is 2.23. The van der Waals surface area contributed by atoms with E-state index >= 15 is 0 Å². The van der Waals surface area contributed by atoms with Crippen molar-refractivity contribution in [2.24, 2.45) is 0 Å². The summed E-state index contributed by atoms with van der Waals surface area (Å²) in [6, 6.07) is 10.6. The predicted molar refractivity (Wildman–Crippen MR) is 101 cm³/mol. The van der Waals surface area contributed by atoms with Gasteiger partial charge in [-0.25, -0.2) is 0 Å². The molecule has 2 aromatic rings. The molecule has 1 aromatic carbocycles. The van der Waals surface area contributed by atoms with Crippen LogP contribution < -0.4 is 10.6 Å². The van der Waals surface area contributed by atoms with E-state index in [2.05, 4.69) is 10.6 Å². The van der Waals surface area contributed by atoms with E-state index in [9.17, 15) is 14.4 Å². The van der Waals surface area contributed by atoms with E-state index in [0.29, 0.717) is 5.69 Å². The number of esters is 1. The highest BCUT2D eigenvalue weighted by Gasteiger charge is 2.23. The summed E-state index contributed by atoms with van der Waals surface area (Å²) < 4.78 is 5.24. The summed E-state index contributed by atoms with van der Waals surface area (Å²) in [6.45, 7) is 4.79. The van der Waals surface area contributed by atoms with Gasteiger partial charge in [0.15, 0.2) is 6.10 Å². The Morgan fingerprint density at radius 1 is 1.15 bits per heavy atom. The van der Waals surface area contributed by atoms with Crippen molar-refractivity contribution in [1.82, 2.24) is 5.32 Å². The zero-order valence-electron chi connectivity index (χ0n) is 14.9. The molecule has 26 heavy (non-hydrogen) atoms. The second-order valence-electron chi connectivity index (χ2n) is 5.91. The molecule has 6 nitrogen and oxygen atoms in total. The number of thiophene rings is 1. The third-order valence-electron chi connectivity index (χ3n) is 3.72. The van der Waals surface area contributed by atoms with Gasteiger partial charge < -0.3 is 15.4 Å². The molecule has 0 bridgehead atoms. The standard InChI is InChI=1S/C19H22N2O4S/c1-12-7-4-5-8-15(12)21-19(24)13(2)25-18(23)11-16(20-14(3)22)17-9-6-10-26-17/h4-10,13,16H,11H2,1-3H3,(H,20,22)(H,21,24). The van der Waals surface area contributed by atoms with Crippen LogP contribution in [0.25, 0.3) is 0 Å². The fourth-order valence-electron chi connectivity index (χ4n) is 2.37. The number of amides is 2. The van der Waals surface area contributed by atoms with Crippen LogP contribution >= 0.6 is 11.3 Å². The van der Waals surface area contributed by atoms with Crippen molar-refractivity contribution < 1.29 is 19.1 Å². The number of anilines is 1. The first-order valence-corrected chi connectivity index (χ1v) is 9.11. The minimum absolute atomic E-state index is 0.0396. The average Bonchev–Trinajstić information content (AvgIpc) is 3.10. The normalized spacial score (nSPS) is 12.7. The molecule has 2 unspecified atom stereocenters. The summed E-state index contributed by atoms with van der Waals surface area (Å²) in [4.78, 5) is 36.7. The number of carbonyl (C=O) groups excluding carboxylic acids is 3. The van der Waals surface area contributed by atoms with Crippen molar-refractivity contribution in [3.05, 3.63) is 52.2 Å². The van der Waals surface area contributed by atoms with Gasteiger partial charge in [0.2, 0.25) is 5.91 Å². The fourth-order valence-corrected chi connectivity index (χ4v) is 3.15. The number of carbonyl (C=O) groups is 3. The van der Waals surface area contributed by atoms with Crippen LogP contribution in [0.15, 0.2) is 41.8 Å². The molecule has 1 aromatic heterocycles. The molecule has 2 N–H and O–H groups in total. The summed E-state index contributed by atoms with van der Waals surface area (Å²) in [6.07, 6.45) is -0.981. The lowest BCUT2D eigenvalue weighted by atomic mass is 10.1. The molecule has 1 heterocycles. The molecule has 0 aliphatic heterocycles. The molecule has 7 heteroatoms. The highest BCUT2D eigenvalue weighted by atomic mass is 32.1. The Hall–Kier alpha value is -2.67. The summed E-state index contributed by atoms with van der Waals surface area (Å²) >= 11 is 1.44. The Morgan fingerprint density at radius 2 is 1.88 bits per heavy atom. The van der Waals surface area contributed by atoms with Crippen LogP contribution in [0, 0.1) is 6.92 Å². The third kappa shape index (κ3) is 5.70. The van der Waals surface area contributed by atoms with Gasteiger partial charge in [-0.3, -0.25) is 14.4 Å². The highest BCUT2D eigenvalue weighted by molar-refractivity contribution is 7.10. The molecule has 2 amide bonds. The summed E-state index contributed by atoms with van der Waals surface area (Å²) in [5.74, 6) is -1.19. The van der Waals surface area contributed by atoms with Crippen LogP contribution in [0.3, 0.4) is 0 Å². The zero-order chi connectivity index (χ0) is 19.1. The van der Waals surface area contributed by atoms with E-state index in [0.717, 1.165) is 10.4 Å². The lowest BCUT2D eigenvalue weighted by Crippen LogP contribution is -2.33. The number of nitrogens with one attached hydrogen (secondary N) is 2. The van der Waals surface area contributed by atoms with Gasteiger partial charge in [-0.15, -0.1) is 11.3 Å². The molecule has 2 atom stereocenters. The number of rotatable bonds is 7. The largest absolute Gasteiger partial charge is 0.452 e. The molecule has 138 valence electrons. The molecule has 0 aliphatic rings. The van der Waals surface area contributed by atoms with E-state index in [4.69, 9.17) is 4.74 Å². The first kappa shape index (κ1) is 19.7. The van der Waals surface area contributed by atoms with Crippen molar-refractivity contribution in [2.75, 3.05) is 5.32 Å². The van der Waals surface area contributed by atoms with Gasteiger partial charge in [-0.2, -0.15) is 0 Å². The Bertz CT molecular complexity index is 774. The summed E-state index contributed by atoms with van der Waals surface area (Å²) in [5, 5.41) is 7.35. The van der Waals surface area contributed by atoms with E-state index in [-0.39, 0.29) is 12.3 Å². The number of ether oxygens (including phenoxy) is 1. The lowest BCUT2D eigenvalue weighted by Gasteiger charge is -2.18. The molecule has 0 fully saturated rings. The maximum absolute atomic E-state index is 12.2. The molecule has 0 aliphatic carbocycles. The SMILES string of the molecule is CC(=O)NC(CC(=O)OC(C)C(=O)Nc1ccccc1C)c1cccs1. The topological polar surface area (TPSA) is 84.5 Å². The maximum atomic E-state index is 12.2. The second-order valence-corrected chi connectivity index (χ2v) is 6.89. The van der Waals surface area contributed by atoms with Crippen LogP contribution in [0.2, 0.25) is 0 Å². The summed E-state index contributed by atoms with van der Waals surface area (Å²) in [7, 11) is 0. The van der Waals surface area contributed by atoms with Gasteiger partial charge in [-0.1, -0.05) is 24.3 Å². The molecule has 0 spiro atoms. The number of benzene rings is 1. The summed E-state index contributed by atoms with van der Waals surface area (Å²) in [5.41, 5.74) is 1.60. The monoisotopic (exact) mass is 374 g/mol. The smallest absolute Gasteiger partial charge is 0.309 e. The maximum Gasteiger partial charge on any atom is 0.309 e. The van der Waals surface area contributed by atoms with E-state index in [1.165, 1.54) is 25.2 Å². The van der Waals surface area contributed by atoms with Crippen molar-refractivity contribution >= 4 is 34.8 Å².